The number of nitrogens with zero attached hydrogens (tertiary/aromatic N) is 2. The molecule has 1 aliphatic rings. The molecule has 0 spiro atoms. The van der Waals surface area contributed by atoms with Gasteiger partial charge in [-0.15, -0.1) is 11.3 Å². The quantitative estimate of drug-likeness (QED) is 0.608. The van der Waals surface area contributed by atoms with Crippen molar-refractivity contribution in [1.29, 1.82) is 0 Å². The number of furan rings is 1. The van der Waals surface area contributed by atoms with Crippen LogP contribution in [0.1, 0.15) is 33.5 Å². The number of amides is 1. The Hall–Kier alpha value is -3.19. The van der Waals surface area contributed by atoms with Crippen molar-refractivity contribution in [3.05, 3.63) is 76.4 Å². The van der Waals surface area contributed by atoms with Crippen LogP contribution >= 0.6 is 11.3 Å². The molecule has 6 nitrogen and oxygen atoms in total. The lowest BCUT2D eigenvalue weighted by atomic mass is 10.1. The van der Waals surface area contributed by atoms with Crippen LogP contribution in [0.25, 0.3) is 0 Å². The molecule has 0 fully saturated rings. The fourth-order valence-electron chi connectivity index (χ4n) is 2.89. The Morgan fingerprint density at radius 2 is 2.11 bits per heavy atom. The first-order chi connectivity index (χ1) is 13.2. The van der Waals surface area contributed by atoms with Gasteiger partial charge in [-0.2, -0.15) is 5.10 Å². The number of benzene rings is 1. The SMILES string of the molecule is O=Cc1ccc(OCC(=O)N2N=C(c3cccs3)CC2c2ccco2)cc1. The molecule has 0 saturated heterocycles. The number of ether oxygens (including phenoxy) is 1. The third kappa shape index (κ3) is 3.68. The summed E-state index contributed by atoms with van der Waals surface area (Å²) in [6.45, 7) is -0.154. The molecule has 136 valence electrons. The molecule has 0 saturated carbocycles. The van der Waals surface area contributed by atoms with E-state index in [0.717, 1.165) is 16.9 Å². The van der Waals surface area contributed by atoms with E-state index < -0.39 is 0 Å². The highest BCUT2D eigenvalue weighted by Crippen LogP contribution is 2.34. The second kappa shape index (κ2) is 7.59. The maximum absolute atomic E-state index is 12.8. The van der Waals surface area contributed by atoms with Crippen molar-refractivity contribution in [3.8, 4) is 5.75 Å². The Morgan fingerprint density at radius 1 is 1.26 bits per heavy atom. The summed E-state index contributed by atoms with van der Waals surface area (Å²) in [4.78, 5) is 24.5. The second-order valence-corrected chi connectivity index (χ2v) is 6.92. The monoisotopic (exact) mass is 380 g/mol. The van der Waals surface area contributed by atoms with Crippen LogP contribution in [0.15, 0.2) is 69.7 Å². The highest BCUT2D eigenvalue weighted by molar-refractivity contribution is 7.12. The molecule has 1 unspecified atom stereocenters. The van der Waals surface area contributed by atoms with Crippen LogP contribution in [0.5, 0.6) is 5.75 Å². The van der Waals surface area contributed by atoms with Gasteiger partial charge in [0, 0.05) is 12.0 Å². The zero-order valence-electron chi connectivity index (χ0n) is 14.3. The topological polar surface area (TPSA) is 72.1 Å². The fourth-order valence-corrected chi connectivity index (χ4v) is 3.61. The lowest BCUT2D eigenvalue weighted by molar-refractivity contribution is -0.135. The van der Waals surface area contributed by atoms with Gasteiger partial charge in [0.1, 0.15) is 23.8 Å². The van der Waals surface area contributed by atoms with E-state index in [9.17, 15) is 9.59 Å². The summed E-state index contributed by atoms with van der Waals surface area (Å²) < 4.78 is 11.1. The van der Waals surface area contributed by atoms with Crippen LogP contribution in [-0.2, 0) is 4.79 Å². The van der Waals surface area contributed by atoms with Gasteiger partial charge in [-0.3, -0.25) is 9.59 Å². The number of hydrogen-bond donors (Lipinski definition) is 0. The van der Waals surface area contributed by atoms with Gasteiger partial charge in [0.05, 0.1) is 16.9 Å². The third-order valence-electron chi connectivity index (χ3n) is 4.22. The largest absolute Gasteiger partial charge is 0.484 e. The standard InChI is InChI=1S/C20H16N2O4S/c23-12-14-5-7-15(8-6-14)26-13-20(24)22-17(18-3-1-9-25-18)11-16(21-22)19-4-2-10-27-19/h1-10,12,17H,11,13H2. The van der Waals surface area contributed by atoms with Gasteiger partial charge < -0.3 is 9.15 Å². The third-order valence-corrected chi connectivity index (χ3v) is 5.14. The zero-order valence-corrected chi connectivity index (χ0v) is 15.1. The van der Waals surface area contributed by atoms with E-state index in [-0.39, 0.29) is 18.6 Å². The number of thiophene rings is 1. The molecule has 4 rings (SSSR count). The van der Waals surface area contributed by atoms with Gasteiger partial charge >= 0.3 is 0 Å². The number of carbonyl (C=O) groups excluding carboxylic acids is 2. The van der Waals surface area contributed by atoms with Crippen LogP contribution in [-0.4, -0.2) is 29.5 Å². The zero-order chi connectivity index (χ0) is 18.6. The molecule has 3 aromatic rings. The van der Waals surface area contributed by atoms with Crippen LogP contribution < -0.4 is 4.74 Å². The first kappa shape index (κ1) is 17.2. The molecule has 1 atom stereocenters. The van der Waals surface area contributed by atoms with E-state index in [1.54, 1.807) is 47.9 Å². The van der Waals surface area contributed by atoms with Crippen LogP contribution in [0.3, 0.4) is 0 Å². The summed E-state index contributed by atoms with van der Waals surface area (Å²) in [6, 6.07) is 13.9. The lowest BCUT2D eigenvalue weighted by Gasteiger charge is -2.20. The van der Waals surface area contributed by atoms with Gasteiger partial charge in [-0.1, -0.05) is 6.07 Å². The molecule has 0 N–H and O–H groups in total. The van der Waals surface area contributed by atoms with Gasteiger partial charge in [-0.25, -0.2) is 5.01 Å². The summed E-state index contributed by atoms with van der Waals surface area (Å²) in [5, 5.41) is 7.95. The minimum absolute atomic E-state index is 0.154. The van der Waals surface area contributed by atoms with Gasteiger partial charge in [0.15, 0.2) is 6.61 Å². The summed E-state index contributed by atoms with van der Waals surface area (Å²) in [7, 11) is 0. The first-order valence-corrected chi connectivity index (χ1v) is 9.27. The molecule has 0 bridgehead atoms. The fraction of sp³-hybridized carbons (Fsp3) is 0.150. The minimum atomic E-state index is -0.286. The highest BCUT2D eigenvalue weighted by atomic mass is 32.1. The van der Waals surface area contributed by atoms with Crippen molar-refractivity contribution in [3.63, 3.8) is 0 Å². The Labute approximate surface area is 159 Å². The Kier molecular flexibility index (Phi) is 4.84. The van der Waals surface area contributed by atoms with Crippen molar-refractivity contribution in [2.24, 2.45) is 5.10 Å². The summed E-state index contributed by atoms with van der Waals surface area (Å²) in [6.07, 6.45) is 2.94. The Morgan fingerprint density at radius 3 is 2.78 bits per heavy atom. The van der Waals surface area contributed by atoms with E-state index in [2.05, 4.69) is 5.10 Å². The summed E-state index contributed by atoms with van der Waals surface area (Å²) in [5.74, 6) is 0.946. The predicted molar refractivity (Wildman–Crippen MR) is 101 cm³/mol. The smallest absolute Gasteiger partial charge is 0.281 e. The normalized spacial score (nSPS) is 16.2. The average molecular weight is 380 g/mol. The van der Waals surface area contributed by atoms with Gasteiger partial charge in [0.2, 0.25) is 0 Å². The Balaban J connectivity index is 1.50. The molecular formula is C20H16N2O4S. The maximum Gasteiger partial charge on any atom is 0.281 e. The lowest BCUT2D eigenvalue weighted by Crippen LogP contribution is -2.31. The molecule has 1 aromatic carbocycles. The van der Waals surface area contributed by atoms with Gasteiger partial charge in [0.25, 0.3) is 5.91 Å². The molecule has 1 aliphatic heterocycles. The van der Waals surface area contributed by atoms with Crippen molar-refractivity contribution >= 4 is 29.2 Å². The van der Waals surface area contributed by atoms with Crippen molar-refractivity contribution < 1.29 is 18.7 Å². The number of aldehydes is 1. The number of rotatable bonds is 6. The molecule has 2 aromatic heterocycles. The van der Waals surface area contributed by atoms with Crippen LogP contribution in [0.4, 0.5) is 0 Å². The minimum Gasteiger partial charge on any atom is -0.484 e. The van der Waals surface area contributed by atoms with Crippen molar-refractivity contribution in [2.45, 2.75) is 12.5 Å². The number of hydrazone groups is 1. The molecule has 0 radical (unpaired) electrons. The highest BCUT2D eigenvalue weighted by Gasteiger charge is 2.35. The molecule has 1 amide bonds. The van der Waals surface area contributed by atoms with E-state index in [0.29, 0.717) is 23.5 Å². The number of hydrogen-bond acceptors (Lipinski definition) is 6. The summed E-state index contributed by atoms with van der Waals surface area (Å²) >= 11 is 1.59. The Bertz CT molecular complexity index is 947. The first-order valence-electron chi connectivity index (χ1n) is 8.39. The van der Waals surface area contributed by atoms with Crippen LogP contribution in [0.2, 0.25) is 0 Å². The molecule has 7 heteroatoms. The molecule has 0 aliphatic carbocycles. The van der Waals surface area contributed by atoms with Crippen molar-refractivity contribution in [1.82, 2.24) is 5.01 Å². The average Bonchev–Trinajstić information content (AvgIpc) is 3.46. The van der Waals surface area contributed by atoms with Crippen LogP contribution in [0, 0.1) is 0 Å². The van der Waals surface area contributed by atoms with Crippen molar-refractivity contribution in [2.75, 3.05) is 6.61 Å². The molecule has 3 heterocycles. The second-order valence-electron chi connectivity index (χ2n) is 5.97. The maximum atomic E-state index is 12.8. The predicted octanol–water partition coefficient (Wildman–Crippen LogP) is 3.91. The van der Waals surface area contributed by atoms with E-state index in [4.69, 9.17) is 9.15 Å². The van der Waals surface area contributed by atoms with E-state index >= 15 is 0 Å². The van der Waals surface area contributed by atoms with E-state index in [1.165, 1.54) is 5.01 Å². The molecule has 27 heavy (non-hydrogen) atoms. The van der Waals surface area contributed by atoms with E-state index in [1.807, 2.05) is 23.6 Å². The van der Waals surface area contributed by atoms with Gasteiger partial charge in [-0.05, 0) is 47.8 Å². The molecular weight excluding hydrogens is 364 g/mol. The number of carbonyl (C=O) groups is 2. The summed E-state index contributed by atoms with van der Waals surface area (Å²) in [5.41, 5.74) is 1.41.